The summed E-state index contributed by atoms with van der Waals surface area (Å²) in [6.07, 6.45) is 4.82. The molecule has 2 atom stereocenters. The topological polar surface area (TPSA) is 121 Å². The summed E-state index contributed by atoms with van der Waals surface area (Å²) in [4.78, 5) is 20.8. The number of benzene rings is 1. The number of allylic oxidation sites excluding steroid dienone is 2. The molecule has 6 nitrogen and oxygen atoms in total. The smallest absolute Gasteiger partial charge is 0.191 e. The monoisotopic (exact) mass is 385 g/mol. The molecule has 6 heteroatoms. The number of pyridine rings is 2. The number of nitrogens with zero attached hydrogens (tertiary/aromatic N) is 2. The van der Waals surface area contributed by atoms with Crippen LogP contribution in [-0.2, 0) is 6.42 Å². The maximum Gasteiger partial charge on any atom is 0.191 e. The van der Waals surface area contributed by atoms with E-state index in [1.54, 1.807) is 6.07 Å². The second-order valence-electron chi connectivity index (χ2n) is 7.37. The Kier molecular flexibility index (Phi) is 4.99. The molecule has 0 spiro atoms. The predicted molar refractivity (Wildman–Crippen MR) is 114 cm³/mol. The van der Waals surface area contributed by atoms with E-state index in [-0.39, 0.29) is 23.0 Å². The summed E-state index contributed by atoms with van der Waals surface area (Å²) in [5, 5.41) is 0. The van der Waals surface area contributed by atoms with Crippen molar-refractivity contribution < 1.29 is 4.79 Å². The van der Waals surface area contributed by atoms with Crippen LogP contribution in [0, 0.1) is 0 Å². The zero-order chi connectivity index (χ0) is 20.4. The van der Waals surface area contributed by atoms with Gasteiger partial charge in [-0.2, -0.15) is 0 Å². The number of carbonyl (C=O) groups is 1. The lowest BCUT2D eigenvalue weighted by atomic mass is 10.1. The van der Waals surface area contributed by atoms with Gasteiger partial charge < -0.3 is 17.2 Å². The van der Waals surface area contributed by atoms with E-state index in [9.17, 15) is 4.79 Å². The van der Waals surface area contributed by atoms with Crippen molar-refractivity contribution in [3.8, 4) is 0 Å². The van der Waals surface area contributed by atoms with Crippen LogP contribution < -0.4 is 17.2 Å². The Morgan fingerprint density at radius 1 is 1.00 bits per heavy atom. The molecule has 6 N–H and O–H groups in total. The minimum atomic E-state index is -0.298. The molecule has 1 aliphatic carbocycles. The van der Waals surface area contributed by atoms with Crippen molar-refractivity contribution in [3.05, 3.63) is 95.0 Å². The zero-order valence-corrected chi connectivity index (χ0v) is 16.0. The van der Waals surface area contributed by atoms with Crippen LogP contribution in [0.25, 0.3) is 0 Å². The van der Waals surface area contributed by atoms with Gasteiger partial charge in [-0.3, -0.25) is 9.78 Å². The highest BCUT2D eigenvalue weighted by molar-refractivity contribution is 6.08. The molecule has 1 saturated carbocycles. The highest BCUT2D eigenvalue weighted by Crippen LogP contribution is 2.54. The molecule has 1 aliphatic rings. The average Bonchev–Trinajstić information content (AvgIpc) is 3.50. The van der Waals surface area contributed by atoms with Gasteiger partial charge in [0.2, 0.25) is 0 Å². The van der Waals surface area contributed by atoms with E-state index in [1.165, 1.54) is 23.3 Å². The first-order valence-corrected chi connectivity index (χ1v) is 9.53. The van der Waals surface area contributed by atoms with Crippen molar-refractivity contribution in [1.82, 2.24) is 9.97 Å². The largest absolute Gasteiger partial charge is 0.402 e. The second-order valence-corrected chi connectivity index (χ2v) is 7.37. The third-order valence-electron chi connectivity index (χ3n) is 5.21. The van der Waals surface area contributed by atoms with Crippen molar-refractivity contribution in [2.24, 2.45) is 5.73 Å². The minimum absolute atomic E-state index is 0.0962. The molecule has 0 aliphatic heterocycles. The number of anilines is 2. The van der Waals surface area contributed by atoms with Crippen LogP contribution in [0.15, 0.2) is 72.6 Å². The first-order chi connectivity index (χ1) is 14.0. The van der Waals surface area contributed by atoms with E-state index < -0.39 is 0 Å². The molecule has 1 aromatic carbocycles. The SMILES string of the molecule is NC(=CC(=O)c1ccc(N)nc1N)Cc1ccc(C2CC2c2ccccc2)cn1. The number of ketones is 1. The van der Waals surface area contributed by atoms with Crippen LogP contribution in [0.4, 0.5) is 11.6 Å². The fourth-order valence-electron chi connectivity index (χ4n) is 3.60. The number of rotatable bonds is 6. The average molecular weight is 385 g/mol. The van der Waals surface area contributed by atoms with E-state index in [0.717, 1.165) is 12.1 Å². The molecule has 29 heavy (non-hydrogen) atoms. The predicted octanol–water partition coefficient (Wildman–Crippen LogP) is 3.18. The van der Waals surface area contributed by atoms with Crippen molar-refractivity contribution >= 4 is 17.4 Å². The Morgan fingerprint density at radius 3 is 2.45 bits per heavy atom. The molecule has 146 valence electrons. The molecular formula is C23H23N5O. The molecule has 2 aromatic heterocycles. The highest BCUT2D eigenvalue weighted by Gasteiger charge is 2.39. The summed E-state index contributed by atoms with van der Waals surface area (Å²) in [5.74, 6) is 1.16. The van der Waals surface area contributed by atoms with Crippen LogP contribution >= 0.6 is 0 Å². The van der Waals surface area contributed by atoms with Gasteiger partial charge in [-0.1, -0.05) is 36.4 Å². The summed E-state index contributed by atoms with van der Waals surface area (Å²) in [7, 11) is 0. The summed E-state index contributed by atoms with van der Waals surface area (Å²) in [5.41, 5.74) is 21.5. The standard InChI is InChI=1S/C23H23N5O/c24-16(11-21(29)18-8-9-22(25)28-23(18)26)10-17-7-6-15(13-27-17)20-12-19(20)14-4-2-1-3-5-14/h1-9,11,13,19-20H,10,12,24H2,(H4,25,26,28). The first kappa shape index (κ1) is 18.7. The van der Waals surface area contributed by atoms with E-state index >= 15 is 0 Å². The second kappa shape index (κ2) is 7.75. The van der Waals surface area contributed by atoms with Gasteiger partial charge in [0, 0.05) is 30.1 Å². The Morgan fingerprint density at radius 2 is 1.76 bits per heavy atom. The summed E-state index contributed by atoms with van der Waals surface area (Å²) in [6.45, 7) is 0. The maximum atomic E-state index is 12.4. The third-order valence-corrected chi connectivity index (χ3v) is 5.21. The zero-order valence-electron chi connectivity index (χ0n) is 16.0. The molecule has 0 radical (unpaired) electrons. The van der Waals surface area contributed by atoms with Gasteiger partial charge in [0.05, 0.1) is 5.56 Å². The fraction of sp³-hybridized carbons (Fsp3) is 0.174. The van der Waals surface area contributed by atoms with Crippen molar-refractivity contribution in [2.45, 2.75) is 24.7 Å². The van der Waals surface area contributed by atoms with E-state index in [4.69, 9.17) is 17.2 Å². The third kappa shape index (κ3) is 4.27. The number of hydrogen-bond acceptors (Lipinski definition) is 6. The molecule has 2 unspecified atom stereocenters. The van der Waals surface area contributed by atoms with E-state index in [0.29, 0.717) is 24.0 Å². The summed E-state index contributed by atoms with van der Waals surface area (Å²) in [6, 6.07) is 17.7. The molecule has 0 bridgehead atoms. The van der Waals surface area contributed by atoms with Gasteiger partial charge >= 0.3 is 0 Å². The number of nitrogen functional groups attached to an aromatic ring is 2. The van der Waals surface area contributed by atoms with Gasteiger partial charge in [0.15, 0.2) is 5.78 Å². The van der Waals surface area contributed by atoms with Crippen LogP contribution in [0.5, 0.6) is 0 Å². The van der Waals surface area contributed by atoms with Crippen LogP contribution in [0.2, 0.25) is 0 Å². The van der Waals surface area contributed by atoms with E-state index in [2.05, 4.69) is 40.3 Å². The van der Waals surface area contributed by atoms with E-state index in [1.807, 2.05) is 18.3 Å². The lowest BCUT2D eigenvalue weighted by molar-refractivity contribution is 0.104. The molecule has 0 amide bonds. The molecule has 1 fully saturated rings. The first-order valence-electron chi connectivity index (χ1n) is 9.53. The van der Waals surface area contributed by atoms with Gasteiger partial charge in [-0.25, -0.2) is 4.98 Å². The highest BCUT2D eigenvalue weighted by atomic mass is 16.1. The van der Waals surface area contributed by atoms with Crippen molar-refractivity contribution in [2.75, 3.05) is 11.5 Å². The lowest BCUT2D eigenvalue weighted by Gasteiger charge is -2.05. The molecule has 4 rings (SSSR count). The minimum Gasteiger partial charge on any atom is -0.402 e. The molecule has 3 aromatic rings. The van der Waals surface area contributed by atoms with Gasteiger partial charge in [0.1, 0.15) is 11.6 Å². The molecular weight excluding hydrogens is 362 g/mol. The van der Waals surface area contributed by atoms with Gasteiger partial charge in [0.25, 0.3) is 0 Å². The molecule has 2 heterocycles. The Hall–Kier alpha value is -3.67. The maximum absolute atomic E-state index is 12.4. The number of nitrogens with two attached hydrogens (primary N) is 3. The molecule has 0 saturated heterocycles. The van der Waals surface area contributed by atoms with Crippen LogP contribution in [0.3, 0.4) is 0 Å². The summed E-state index contributed by atoms with van der Waals surface area (Å²) < 4.78 is 0. The number of aromatic nitrogens is 2. The van der Waals surface area contributed by atoms with Crippen LogP contribution in [-0.4, -0.2) is 15.8 Å². The van der Waals surface area contributed by atoms with Gasteiger partial charge in [-0.05, 0) is 47.6 Å². The van der Waals surface area contributed by atoms with Crippen molar-refractivity contribution in [1.29, 1.82) is 0 Å². The van der Waals surface area contributed by atoms with Crippen molar-refractivity contribution in [3.63, 3.8) is 0 Å². The number of carbonyl (C=O) groups excluding carboxylic acids is 1. The quantitative estimate of drug-likeness (QED) is 0.443. The Balaban J connectivity index is 1.40. The fourth-order valence-corrected chi connectivity index (χ4v) is 3.60. The Bertz CT molecular complexity index is 1060. The normalized spacial score (nSPS) is 18.4. The van der Waals surface area contributed by atoms with Gasteiger partial charge in [-0.15, -0.1) is 0 Å². The summed E-state index contributed by atoms with van der Waals surface area (Å²) >= 11 is 0. The Labute approximate surface area is 169 Å². The lowest BCUT2D eigenvalue weighted by Crippen LogP contribution is -2.09. The number of hydrogen-bond donors (Lipinski definition) is 3. The van der Waals surface area contributed by atoms with Crippen LogP contribution in [0.1, 0.15) is 45.4 Å².